The van der Waals surface area contributed by atoms with Gasteiger partial charge in [0.05, 0.1) is 11.8 Å². The zero-order valence-electron chi connectivity index (χ0n) is 13.9. The van der Waals surface area contributed by atoms with Gasteiger partial charge < -0.3 is 15.3 Å². The van der Waals surface area contributed by atoms with Crippen molar-refractivity contribution in [1.82, 2.24) is 25.0 Å². The van der Waals surface area contributed by atoms with Crippen LogP contribution in [0, 0.1) is 0 Å². The summed E-state index contributed by atoms with van der Waals surface area (Å²) >= 11 is 0. The van der Waals surface area contributed by atoms with Gasteiger partial charge in [0.1, 0.15) is 0 Å². The largest absolute Gasteiger partial charge is 0.390 e. The minimum absolute atomic E-state index is 0.140. The molecule has 3 rings (SSSR count). The summed E-state index contributed by atoms with van der Waals surface area (Å²) in [5.41, 5.74) is 3.00. The first kappa shape index (κ1) is 16.6. The molecule has 1 aliphatic heterocycles. The second-order valence-electron chi connectivity index (χ2n) is 6.14. The van der Waals surface area contributed by atoms with Crippen molar-refractivity contribution < 1.29 is 9.90 Å². The molecule has 2 aromatic rings. The average molecular weight is 329 g/mol. The zero-order chi connectivity index (χ0) is 16.9. The number of carbonyl (C=O) groups excluding carboxylic acids is 1. The Kier molecular flexibility index (Phi) is 5.22. The molecule has 1 amide bonds. The predicted octanol–water partition coefficient (Wildman–Crippen LogP) is 0.555. The Labute approximate surface area is 141 Å². The van der Waals surface area contributed by atoms with E-state index >= 15 is 0 Å². The normalized spacial score (nSPS) is 15.9. The van der Waals surface area contributed by atoms with E-state index in [-0.39, 0.29) is 5.91 Å². The molecule has 0 saturated carbocycles. The fraction of sp³-hybridized carbons (Fsp3) is 0.471. The second kappa shape index (κ2) is 7.55. The van der Waals surface area contributed by atoms with Crippen LogP contribution in [0.1, 0.15) is 18.4 Å². The molecule has 1 atom stereocenters. The number of hydrogen-bond donors (Lipinski definition) is 2. The Hall–Kier alpha value is -2.25. The molecule has 24 heavy (non-hydrogen) atoms. The summed E-state index contributed by atoms with van der Waals surface area (Å²) in [7, 11) is 1.89. The van der Waals surface area contributed by atoms with Crippen molar-refractivity contribution in [3.8, 4) is 11.3 Å². The van der Waals surface area contributed by atoms with Crippen molar-refractivity contribution in [2.75, 3.05) is 19.6 Å². The molecule has 7 nitrogen and oxygen atoms in total. The maximum Gasteiger partial charge on any atom is 0.222 e. The molecular formula is C17H23N5O2. The Morgan fingerprint density at radius 1 is 1.38 bits per heavy atom. The maximum atomic E-state index is 11.6. The summed E-state index contributed by atoms with van der Waals surface area (Å²) in [6.07, 6.45) is 6.40. The molecule has 3 heterocycles. The first-order valence-corrected chi connectivity index (χ1v) is 8.23. The standard InChI is InChI=1S/C17H23N5O2/c1-21-11-14(17(20-21)13-4-6-18-7-5-13)9-19-10-15(23)12-22-8-2-3-16(22)24/h4-7,11,15,19,23H,2-3,8-10,12H2,1H3/t15-/m0/s1. The minimum atomic E-state index is -0.562. The monoisotopic (exact) mass is 329 g/mol. The van der Waals surface area contributed by atoms with Crippen LogP contribution in [0.5, 0.6) is 0 Å². The number of aliphatic hydroxyl groups excluding tert-OH is 1. The SMILES string of the molecule is Cn1cc(CNC[C@H](O)CN2CCCC2=O)c(-c2ccncc2)n1. The molecule has 2 N–H and O–H groups in total. The maximum absolute atomic E-state index is 11.6. The van der Waals surface area contributed by atoms with Crippen LogP contribution in [0.15, 0.2) is 30.7 Å². The molecule has 1 fully saturated rings. The Morgan fingerprint density at radius 3 is 2.88 bits per heavy atom. The summed E-state index contributed by atoms with van der Waals surface area (Å²) in [6.45, 7) is 2.20. The number of aryl methyl sites for hydroxylation is 1. The van der Waals surface area contributed by atoms with E-state index < -0.39 is 6.10 Å². The number of amides is 1. The third kappa shape index (κ3) is 3.98. The number of nitrogens with one attached hydrogen (secondary N) is 1. The van der Waals surface area contributed by atoms with Crippen molar-refractivity contribution in [3.05, 3.63) is 36.3 Å². The van der Waals surface area contributed by atoms with Gasteiger partial charge in [0.25, 0.3) is 0 Å². The quantitative estimate of drug-likeness (QED) is 0.775. The van der Waals surface area contributed by atoms with Gasteiger partial charge in [0, 0.05) is 69.4 Å². The van der Waals surface area contributed by atoms with Crippen LogP contribution in [-0.4, -0.2) is 56.4 Å². The van der Waals surface area contributed by atoms with Gasteiger partial charge >= 0.3 is 0 Å². The van der Waals surface area contributed by atoms with Crippen LogP contribution < -0.4 is 5.32 Å². The van der Waals surface area contributed by atoms with Gasteiger partial charge in [-0.2, -0.15) is 5.10 Å². The van der Waals surface area contributed by atoms with E-state index in [4.69, 9.17) is 0 Å². The fourth-order valence-electron chi connectivity index (χ4n) is 3.01. The van der Waals surface area contributed by atoms with Crippen LogP contribution in [0.4, 0.5) is 0 Å². The van der Waals surface area contributed by atoms with Gasteiger partial charge in [-0.3, -0.25) is 14.5 Å². The van der Waals surface area contributed by atoms with Gasteiger partial charge in [0.15, 0.2) is 0 Å². The number of nitrogens with zero attached hydrogens (tertiary/aromatic N) is 4. The first-order valence-electron chi connectivity index (χ1n) is 8.23. The highest BCUT2D eigenvalue weighted by Crippen LogP contribution is 2.20. The summed E-state index contributed by atoms with van der Waals surface area (Å²) in [5, 5.41) is 17.9. The van der Waals surface area contributed by atoms with Crippen molar-refractivity contribution in [2.45, 2.75) is 25.5 Å². The number of rotatable bonds is 7. The number of hydrogen-bond acceptors (Lipinski definition) is 5. The molecule has 0 spiro atoms. The van der Waals surface area contributed by atoms with E-state index in [1.54, 1.807) is 22.0 Å². The van der Waals surface area contributed by atoms with E-state index in [9.17, 15) is 9.90 Å². The Morgan fingerprint density at radius 2 is 2.17 bits per heavy atom. The topological polar surface area (TPSA) is 83.3 Å². The highest BCUT2D eigenvalue weighted by Gasteiger charge is 2.22. The van der Waals surface area contributed by atoms with Gasteiger partial charge in [0.2, 0.25) is 5.91 Å². The van der Waals surface area contributed by atoms with Gasteiger partial charge in [-0.15, -0.1) is 0 Å². The van der Waals surface area contributed by atoms with Crippen molar-refractivity contribution in [2.24, 2.45) is 7.05 Å². The lowest BCUT2D eigenvalue weighted by atomic mass is 10.1. The van der Waals surface area contributed by atoms with E-state index in [1.807, 2.05) is 25.4 Å². The highest BCUT2D eigenvalue weighted by molar-refractivity contribution is 5.78. The van der Waals surface area contributed by atoms with Crippen LogP contribution in [-0.2, 0) is 18.4 Å². The van der Waals surface area contributed by atoms with Crippen LogP contribution in [0.25, 0.3) is 11.3 Å². The average Bonchev–Trinajstić information content (AvgIpc) is 3.14. The minimum Gasteiger partial charge on any atom is -0.390 e. The third-order valence-corrected chi connectivity index (χ3v) is 4.16. The van der Waals surface area contributed by atoms with Crippen molar-refractivity contribution in [1.29, 1.82) is 0 Å². The summed E-state index contributed by atoms with van der Waals surface area (Å²) in [5.74, 6) is 0.140. The van der Waals surface area contributed by atoms with E-state index in [0.29, 0.717) is 26.1 Å². The number of aromatic nitrogens is 3. The fourth-order valence-corrected chi connectivity index (χ4v) is 3.01. The molecule has 0 bridgehead atoms. The zero-order valence-corrected chi connectivity index (χ0v) is 13.9. The number of carbonyl (C=O) groups is 1. The van der Waals surface area contributed by atoms with E-state index in [2.05, 4.69) is 15.4 Å². The molecule has 1 aliphatic rings. The molecule has 128 valence electrons. The smallest absolute Gasteiger partial charge is 0.222 e. The number of pyridine rings is 1. The molecule has 0 radical (unpaired) electrons. The lowest BCUT2D eigenvalue weighted by molar-refractivity contribution is -0.128. The lowest BCUT2D eigenvalue weighted by Crippen LogP contribution is -2.38. The van der Waals surface area contributed by atoms with Crippen LogP contribution in [0.3, 0.4) is 0 Å². The number of aliphatic hydroxyl groups is 1. The summed E-state index contributed by atoms with van der Waals surface area (Å²) in [6, 6.07) is 3.86. The third-order valence-electron chi connectivity index (χ3n) is 4.16. The highest BCUT2D eigenvalue weighted by atomic mass is 16.3. The van der Waals surface area contributed by atoms with Crippen LogP contribution in [0.2, 0.25) is 0 Å². The molecular weight excluding hydrogens is 306 g/mol. The second-order valence-corrected chi connectivity index (χ2v) is 6.14. The number of likely N-dealkylation sites (tertiary alicyclic amines) is 1. The molecule has 7 heteroatoms. The van der Waals surface area contributed by atoms with E-state index in [0.717, 1.165) is 29.8 Å². The predicted molar refractivity (Wildman–Crippen MR) is 90.0 cm³/mol. The van der Waals surface area contributed by atoms with Gasteiger partial charge in [-0.05, 0) is 18.6 Å². The van der Waals surface area contributed by atoms with Crippen molar-refractivity contribution >= 4 is 5.91 Å². The molecule has 2 aromatic heterocycles. The van der Waals surface area contributed by atoms with E-state index in [1.165, 1.54) is 0 Å². The molecule has 0 unspecified atom stereocenters. The van der Waals surface area contributed by atoms with Crippen LogP contribution >= 0.6 is 0 Å². The van der Waals surface area contributed by atoms with Crippen molar-refractivity contribution in [3.63, 3.8) is 0 Å². The summed E-state index contributed by atoms with van der Waals surface area (Å²) < 4.78 is 1.78. The summed E-state index contributed by atoms with van der Waals surface area (Å²) in [4.78, 5) is 17.4. The number of β-amino-alcohol motifs (C(OH)–C–C–N with tert-alkyl or cyclic N) is 1. The Balaban J connectivity index is 1.54. The molecule has 1 saturated heterocycles. The van der Waals surface area contributed by atoms with Gasteiger partial charge in [-0.25, -0.2) is 0 Å². The molecule has 0 aromatic carbocycles. The Bertz CT molecular complexity index is 686. The van der Waals surface area contributed by atoms with Gasteiger partial charge in [-0.1, -0.05) is 0 Å². The lowest BCUT2D eigenvalue weighted by Gasteiger charge is -2.20. The first-order chi connectivity index (χ1) is 11.6. The molecule has 0 aliphatic carbocycles.